The predicted octanol–water partition coefficient (Wildman–Crippen LogP) is 23.2. The maximum absolute atomic E-state index is 12.8. The van der Waals surface area contributed by atoms with Gasteiger partial charge in [-0.2, -0.15) is 0 Å². The number of ether oxygens (including phenoxy) is 3. The summed E-state index contributed by atoms with van der Waals surface area (Å²) in [6.07, 6.45) is 80.8. The molecule has 76 heavy (non-hydrogen) atoms. The Bertz CT molecular complexity index is 1270. The van der Waals surface area contributed by atoms with Crippen LogP contribution >= 0.6 is 0 Å². The molecule has 0 aliphatic heterocycles. The van der Waals surface area contributed by atoms with Gasteiger partial charge in [-0.15, -0.1) is 0 Å². The second-order valence-electron chi connectivity index (χ2n) is 23.1. The molecule has 1 atom stereocenters. The largest absolute Gasteiger partial charge is 0.462 e. The van der Waals surface area contributed by atoms with Crippen molar-refractivity contribution in [3.05, 3.63) is 36.5 Å². The molecule has 6 nitrogen and oxygen atoms in total. The Morgan fingerprint density at radius 1 is 0.263 bits per heavy atom. The summed E-state index contributed by atoms with van der Waals surface area (Å²) in [6, 6.07) is 0. The molecule has 0 aromatic carbocycles. The van der Waals surface area contributed by atoms with Crippen LogP contribution in [0.4, 0.5) is 0 Å². The van der Waals surface area contributed by atoms with Crippen LogP contribution in [0, 0.1) is 0 Å². The summed E-state index contributed by atoms with van der Waals surface area (Å²) in [5, 5.41) is 0. The molecule has 0 fully saturated rings. The van der Waals surface area contributed by atoms with Crippen molar-refractivity contribution in [3.8, 4) is 0 Å². The van der Waals surface area contributed by atoms with Crippen LogP contribution in [0.5, 0.6) is 0 Å². The zero-order valence-corrected chi connectivity index (χ0v) is 51.3. The van der Waals surface area contributed by atoms with Crippen LogP contribution in [-0.2, 0) is 28.6 Å². The topological polar surface area (TPSA) is 78.9 Å². The lowest BCUT2D eigenvalue weighted by Crippen LogP contribution is -2.30. The first-order chi connectivity index (χ1) is 37.5. The number of hydrogen-bond acceptors (Lipinski definition) is 6. The fraction of sp³-hybridized carbons (Fsp3) is 0.871. The van der Waals surface area contributed by atoms with Crippen LogP contribution in [0.15, 0.2) is 36.5 Å². The Morgan fingerprint density at radius 3 is 0.737 bits per heavy atom. The molecule has 0 radical (unpaired) electrons. The van der Waals surface area contributed by atoms with Gasteiger partial charge in [-0.1, -0.05) is 333 Å². The second kappa shape index (κ2) is 65.2. The summed E-state index contributed by atoms with van der Waals surface area (Å²) in [6.45, 7) is 6.60. The number of esters is 3. The molecule has 0 aromatic rings. The smallest absolute Gasteiger partial charge is 0.306 e. The number of rotatable bonds is 63. The summed E-state index contributed by atoms with van der Waals surface area (Å²) < 4.78 is 16.8. The van der Waals surface area contributed by atoms with E-state index in [1.165, 1.54) is 257 Å². The van der Waals surface area contributed by atoms with Gasteiger partial charge in [-0.05, 0) is 57.8 Å². The van der Waals surface area contributed by atoms with E-state index in [1.54, 1.807) is 0 Å². The van der Waals surface area contributed by atoms with Gasteiger partial charge >= 0.3 is 17.9 Å². The first-order valence-corrected chi connectivity index (χ1v) is 34.0. The molecule has 1 unspecified atom stereocenters. The molecule has 446 valence electrons. The van der Waals surface area contributed by atoms with Gasteiger partial charge in [-0.25, -0.2) is 0 Å². The van der Waals surface area contributed by atoms with E-state index in [2.05, 4.69) is 57.2 Å². The van der Waals surface area contributed by atoms with Gasteiger partial charge in [0.2, 0.25) is 0 Å². The van der Waals surface area contributed by atoms with Crippen molar-refractivity contribution in [1.29, 1.82) is 0 Å². The normalized spacial score (nSPS) is 12.2. The van der Waals surface area contributed by atoms with Crippen molar-refractivity contribution >= 4 is 17.9 Å². The van der Waals surface area contributed by atoms with Crippen molar-refractivity contribution in [2.24, 2.45) is 0 Å². The highest BCUT2D eigenvalue weighted by molar-refractivity contribution is 5.71. The van der Waals surface area contributed by atoms with Crippen LogP contribution < -0.4 is 0 Å². The zero-order chi connectivity index (χ0) is 55.0. The third-order valence-corrected chi connectivity index (χ3v) is 15.4. The molecule has 0 heterocycles. The number of allylic oxidation sites excluding steroid dienone is 6. The second-order valence-corrected chi connectivity index (χ2v) is 23.1. The van der Waals surface area contributed by atoms with Crippen LogP contribution in [0.3, 0.4) is 0 Å². The van der Waals surface area contributed by atoms with Crippen LogP contribution in [0.2, 0.25) is 0 Å². The van der Waals surface area contributed by atoms with Gasteiger partial charge in [0.25, 0.3) is 0 Å². The van der Waals surface area contributed by atoms with E-state index in [0.29, 0.717) is 19.3 Å². The average molecular weight is 1070 g/mol. The summed E-state index contributed by atoms with van der Waals surface area (Å²) in [5.74, 6) is -0.866. The average Bonchev–Trinajstić information content (AvgIpc) is 3.42. The lowest BCUT2D eigenvalue weighted by Gasteiger charge is -2.18. The van der Waals surface area contributed by atoms with E-state index in [4.69, 9.17) is 14.2 Å². The minimum atomic E-state index is -0.769. The maximum atomic E-state index is 12.8. The molecule has 0 saturated carbocycles. The lowest BCUT2D eigenvalue weighted by molar-refractivity contribution is -0.167. The highest BCUT2D eigenvalue weighted by Gasteiger charge is 2.19. The van der Waals surface area contributed by atoms with Crippen LogP contribution in [-0.4, -0.2) is 37.2 Å². The summed E-state index contributed by atoms with van der Waals surface area (Å²) >= 11 is 0. The molecule has 0 bridgehead atoms. The number of hydrogen-bond donors (Lipinski definition) is 0. The van der Waals surface area contributed by atoms with E-state index in [9.17, 15) is 14.4 Å². The van der Waals surface area contributed by atoms with Crippen molar-refractivity contribution in [1.82, 2.24) is 0 Å². The summed E-state index contributed by atoms with van der Waals surface area (Å²) in [5.41, 5.74) is 0. The van der Waals surface area contributed by atoms with E-state index < -0.39 is 6.10 Å². The lowest BCUT2D eigenvalue weighted by atomic mass is 10.0. The minimum absolute atomic E-state index is 0.0696. The van der Waals surface area contributed by atoms with E-state index >= 15 is 0 Å². The number of unbranched alkanes of at least 4 members (excludes halogenated alkanes) is 46. The summed E-state index contributed by atoms with van der Waals surface area (Å²) in [7, 11) is 0. The fourth-order valence-corrected chi connectivity index (χ4v) is 10.3. The van der Waals surface area contributed by atoms with Gasteiger partial charge in [-0.3, -0.25) is 14.4 Å². The molecule has 0 aliphatic rings. The van der Waals surface area contributed by atoms with E-state index in [0.717, 1.165) is 77.0 Å². The molecular weight excluding hydrogens is 937 g/mol. The van der Waals surface area contributed by atoms with Crippen LogP contribution in [0.1, 0.15) is 374 Å². The SMILES string of the molecule is CCCCCCC/C=C\C/C=C\C/C=C\CCCCCCCCCCCCC(=O)OC(COC(=O)CCCCCCC)COC(=O)CCCCCCCCCCCCCCCCCCCCCCCCCCCCCC. The molecular formula is C70H130O6. The molecule has 0 amide bonds. The standard InChI is InChI=1S/C70H130O6/c1-4-7-10-13-15-17-19-21-23-25-27-29-31-33-34-35-37-38-40-42-44-46-48-50-52-54-57-60-63-69(72)75-66-67(65-74-68(71)62-59-56-12-9-6-3)76-70(73)64-61-58-55-53-51-49-47-45-43-41-39-36-32-30-28-26-24-22-20-18-16-14-11-8-5-2/h20,22,26,28,32,36,67H,4-19,21,23-25,27,29-31,33-35,37-66H2,1-3H3/b22-20-,28-26-,36-32-. The van der Waals surface area contributed by atoms with Gasteiger partial charge in [0.15, 0.2) is 6.10 Å². The third kappa shape index (κ3) is 62.5. The Hall–Kier alpha value is -2.37. The zero-order valence-electron chi connectivity index (χ0n) is 51.3. The third-order valence-electron chi connectivity index (χ3n) is 15.4. The number of carbonyl (C=O) groups excluding carboxylic acids is 3. The first kappa shape index (κ1) is 73.6. The molecule has 0 spiro atoms. The molecule has 0 rings (SSSR count). The van der Waals surface area contributed by atoms with Crippen molar-refractivity contribution in [2.75, 3.05) is 13.2 Å². The molecule has 0 aromatic heterocycles. The predicted molar refractivity (Wildman–Crippen MR) is 330 cm³/mol. The molecule has 0 N–H and O–H groups in total. The quantitative estimate of drug-likeness (QED) is 0.0261. The highest BCUT2D eigenvalue weighted by atomic mass is 16.6. The van der Waals surface area contributed by atoms with Gasteiger partial charge in [0.05, 0.1) is 0 Å². The highest BCUT2D eigenvalue weighted by Crippen LogP contribution is 2.18. The van der Waals surface area contributed by atoms with Crippen molar-refractivity contribution in [3.63, 3.8) is 0 Å². The maximum Gasteiger partial charge on any atom is 0.306 e. The minimum Gasteiger partial charge on any atom is -0.462 e. The Kier molecular flexibility index (Phi) is 63.1. The summed E-state index contributed by atoms with van der Waals surface area (Å²) in [4.78, 5) is 38.0. The first-order valence-electron chi connectivity index (χ1n) is 34.0. The van der Waals surface area contributed by atoms with Crippen LogP contribution in [0.25, 0.3) is 0 Å². The van der Waals surface area contributed by atoms with Gasteiger partial charge in [0, 0.05) is 19.3 Å². The molecule has 6 heteroatoms. The fourth-order valence-electron chi connectivity index (χ4n) is 10.3. The molecule has 0 saturated heterocycles. The Morgan fingerprint density at radius 2 is 0.474 bits per heavy atom. The van der Waals surface area contributed by atoms with Gasteiger partial charge in [0.1, 0.15) is 13.2 Å². The van der Waals surface area contributed by atoms with Crippen molar-refractivity contribution in [2.45, 2.75) is 380 Å². The monoisotopic (exact) mass is 1070 g/mol. The van der Waals surface area contributed by atoms with E-state index in [1.807, 2.05) is 0 Å². The molecule has 0 aliphatic carbocycles. The van der Waals surface area contributed by atoms with Crippen molar-refractivity contribution < 1.29 is 28.6 Å². The number of carbonyl (C=O) groups is 3. The Labute approximate surface area is 474 Å². The Balaban J connectivity index is 3.96. The van der Waals surface area contributed by atoms with E-state index in [-0.39, 0.29) is 31.1 Å². The van der Waals surface area contributed by atoms with Gasteiger partial charge < -0.3 is 14.2 Å².